The topological polar surface area (TPSA) is 92.7 Å². The number of aliphatic hydroxyl groups is 1. The van der Waals surface area contributed by atoms with Gasteiger partial charge in [-0.2, -0.15) is 0 Å². The molecule has 2 N–H and O–H groups in total. The van der Waals surface area contributed by atoms with Gasteiger partial charge in [0.2, 0.25) is 10.0 Å². The molecule has 21 heavy (non-hydrogen) atoms. The molecule has 0 aromatic carbocycles. The smallest absolute Gasteiger partial charge is 0.349 e. The predicted octanol–water partition coefficient (Wildman–Crippen LogP) is 1.42. The molecule has 2 unspecified atom stereocenters. The van der Waals surface area contributed by atoms with Crippen LogP contribution in [0.5, 0.6) is 0 Å². The molecule has 0 radical (unpaired) electrons. The van der Waals surface area contributed by atoms with Crippen LogP contribution in [0.1, 0.15) is 40.9 Å². The average molecular weight is 333 g/mol. The molecule has 1 aromatic heterocycles. The molecule has 2 rings (SSSR count). The lowest BCUT2D eigenvalue weighted by Crippen LogP contribution is -2.40. The first-order chi connectivity index (χ1) is 9.85. The SMILES string of the molecule is COC(=O)c1scc(C)c1S(=O)(=O)NC1CCCC(O)C1. The highest BCUT2D eigenvalue weighted by Crippen LogP contribution is 2.29. The van der Waals surface area contributed by atoms with Gasteiger partial charge in [-0.15, -0.1) is 11.3 Å². The van der Waals surface area contributed by atoms with Gasteiger partial charge in [-0.3, -0.25) is 0 Å². The summed E-state index contributed by atoms with van der Waals surface area (Å²) in [6.45, 7) is 1.65. The van der Waals surface area contributed by atoms with E-state index < -0.39 is 22.1 Å². The van der Waals surface area contributed by atoms with Crippen LogP contribution in [-0.2, 0) is 14.8 Å². The van der Waals surface area contributed by atoms with Crippen molar-refractivity contribution in [2.45, 2.75) is 49.6 Å². The molecule has 0 spiro atoms. The third kappa shape index (κ3) is 3.63. The number of carbonyl (C=O) groups is 1. The Bertz CT molecular complexity index is 623. The van der Waals surface area contributed by atoms with E-state index >= 15 is 0 Å². The Kier molecular flexibility index (Phi) is 5.03. The Hall–Kier alpha value is -0.960. The Morgan fingerprint density at radius 3 is 2.81 bits per heavy atom. The van der Waals surface area contributed by atoms with Crippen molar-refractivity contribution in [3.63, 3.8) is 0 Å². The number of ether oxygens (including phenoxy) is 1. The Morgan fingerprint density at radius 2 is 2.19 bits per heavy atom. The van der Waals surface area contributed by atoms with Crippen molar-refractivity contribution in [3.05, 3.63) is 15.8 Å². The maximum absolute atomic E-state index is 12.5. The molecule has 0 bridgehead atoms. The fourth-order valence-corrected chi connectivity index (χ4v) is 5.54. The summed E-state index contributed by atoms with van der Waals surface area (Å²) in [5, 5.41) is 11.3. The van der Waals surface area contributed by atoms with Gasteiger partial charge < -0.3 is 9.84 Å². The van der Waals surface area contributed by atoms with Crippen molar-refractivity contribution in [2.24, 2.45) is 0 Å². The van der Waals surface area contributed by atoms with Crippen LogP contribution in [0.3, 0.4) is 0 Å². The van der Waals surface area contributed by atoms with Gasteiger partial charge in [0.05, 0.1) is 13.2 Å². The summed E-state index contributed by atoms with van der Waals surface area (Å²) < 4.78 is 32.3. The third-order valence-corrected chi connectivity index (χ3v) is 6.44. The summed E-state index contributed by atoms with van der Waals surface area (Å²) in [6.07, 6.45) is 2.09. The van der Waals surface area contributed by atoms with Gasteiger partial charge in [-0.05, 0) is 43.6 Å². The molecule has 8 heteroatoms. The van der Waals surface area contributed by atoms with E-state index in [2.05, 4.69) is 9.46 Å². The molecule has 1 aliphatic rings. The third-order valence-electron chi connectivity index (χ3n) is 3.53. The van der Waals surface area contributed by atoms with E-state index in [1.165, 1.54) is 7.11 Å². The van der Waals surface area contributed by atoms with Crippen molar-refractivity contribution in [2.75, 3.05) is 7.11 Å². The quantitative estimate of drug-likeness (QED) is 0.813. The zero-order valence-electron chi connectivity index (χ0n) is 12.0. The summed E-state index contributed by atoms with van der Waals surface area (Å²) in [6, 6.07) is -0.302. The van der Waals surface area contributed by atoms with E-state index in [4.69, 9.17) is 0 Å². The average Bonchev–Trinajstić information content (AvgIpc) is 2.80. The molecule has 0 amide bonds. The minimum atomic E-state index is -3.81. The van der Waals surface area contributed by atoms with Crippen LogP contribution in [0, 0.1) is 6.92 Å². The molecule has 1 aliphatic carbocycles. The standard InChI is InChI=1S/C13H19NO5S2/c1-8-7-20-11(13(16)19-2)12(8)21(17,18)14-9-4-3-5-10(15)6-9/h7,9-10,14-15H,3-6H2,1-2H3. The molecule has 1 fully saturated rings. The molecule has 1 aromatic rings. The number of hydrogen-bond acceptors (Lipinski definition) is 6. The summed E-state index contributed by atoms with van der Waals surface area (Å²) >= 11 is 1.06. The maximum atomic E-state index is 12.5. The van der Waals surface area contributed by atoms with Crippen LogP contribution in [0.15, 0.2) is 10.3 Å². The first kappa shape index (κ1) is 16.4. The van der Waals surface area contributed by atoms with Gasteiger partial charge in [0.15, 0.2) is 0 Å². The van der Waals surface area contributed by atoms with Crippen molar-refractivity contribution < 1.29 is 23.1 Å². The number of rotatable bonds is 4. The zero-order valence-corrected chi connectivity index (χ0v) is 13.6. The van der Waals surface area contributed by atoms with Crippen LogP contribution in [-0.4, -0.2) is 38.7 Å². The molecule has 1 heterocycles. The largest absolute Gasteiger partial charge is 0.465 e. The molecule has 1 saturated carbocycles. The molecular weight excluding hydrogens is 314 g/mol. The second-order valence-electron chi connectivity index (χ2n) is 5.21. The lowest BCUT2D eigenvalue weighted by molar-refractivity contribution is 0.0602. The normalized spacial score (nSPS) is 23.0. The van der Waals surface area contributed by atoms with Gasteiger partial charge in [0.1, 0.15) is 9.77 Å². The Balaban J connectivity index is 2.27. The van der Waals surface area contributed by atoms with E-state index in [0.29, 0.717) is 24.8 Å². The minimum Gasteiger partial charge on any atom is -0.465 e. The Morgan fingerprint density at radius 1 is 1.48 bits per heavy atom. The number of aryl methyl sites for hydroxylation is 1. The van der Waals surface area contributed by atoms with Crippen molar-refractivity contribution in [1.29, 1.82) is 0 Å². The van der Waals surface area contributed by atoms with E-state index in [0.717, 1.165) is 17.8 Å². The number of aliphatic hydroxyl groups excluding tert-OH is 1. The molecule has 118 valence electrons. The number of hydrogen-bond donors (Lipinski definition) is 2. The van der Waals surface area contributed by atoms with Gasteiger partial charge in [-0.25, -0.2) is 17.9 Å². The van der Waals surface area contributed by atoms with Crippen molar-refractivity contribution in [3.8, 4) is 0 Å². The van der Waals surface area contributed by atoms with Crippen LogP contribution in [0.4, 0.5) is 0 Å². The molecular formula is C13H19NO5S2. The van der Waals surface area contributed by atoms with Gasteiger partial charge in [0, 0.05) is 6.04 Å². The first-order valence-electron chi connectivity index (χ1n) is 6.72. The summed E-state index contributed by atoms with van der Waals surface area (Å²) in [7, 11) is -2.59. The number of esters is 1. The van der Waals surface area contributed by atoms with Crippen LogP contribution < -0.4 is 4.72 Å². The van der Waals surface area contributed by atoms with Crippen molar-refractivity contribution >= 4 is 27.3 Å². The molecule has 6 nitrogen and oxygen atoms in total. The van der Waals surface area contributed by atoms with Gasteiger partial charge in [-0.1, -0.05) is 0 Å². The highest BCUT2D eigenvalue weighted by atomic mass is 32.2. The van der Waals surface area contributed by atoms with Crippen molar-refractivity contribution in [1.82, 2.24) is 4.72 Å². The molecule has 2 atom stereocenters. The van der Waals surface area contributed by atoms with Gasteiger partial charge >= 0.3 is 5.97 Å². The monoisotopic (exact) mass is 333 g/mol. The Labute approximate surface area is 128 Å². The van der Waals surface area contributed by atoms with E-state index in [1.807, 2.05) is 0 Å². The van der Waals surface area contributed by atoms with E-state index in [9.17, 15) is 18.3 Å². The maximum Gasteiger partial charge on any atom is 0.349 e. The minimum absolute atomic E-state index is 0.0144. The number of thiophene rings is 1. The highest BCUT2D eigenvalue weighted by molar-refractivity contribution is 7.89. The zero-order chi connectivity index (χ0) is 15.6. The number of carbonyl (C=O) groups excluding carboxylic acids is 1. The van der Waals surface area contributed by atoms with E-state index in [1.54, 1.807) is 12.3 Å². The van der Waals surface area contributed by atoms with Gasteiger partial charge in [0.25, 0.3) is 0 Å². The lowest BCUT2D eigenvalue weighted by atomic mass is 9.94. The second-order valence-corrected chi connectivity index (χ2v) is 7.74. The van der Waals surface area contributed by atoms with Crippen LogP contribution in [0.2, 0.25) is 0 Å². The highest BCUT2D eigenvalue weighted by Gasteiger charge is 2.31. The first-order valence-corrected chi connectivity index (χ1v) is 9.08. The summed E-state index contributed by atoms with van der Waals surface area (Å²) in [5.41, 5.74) is 0.518. The van der Waals surface area contributed by atoms with Crippen LogP contribution >= 0.6 is 11.3 Å². The summed E-state index contributed by atoms with van der Waals surface area (Å²) in [4.78, 5) is 11.8. The second kappa shape index (κ2) is 6.43. The lowest BCUT2D eigenvalue weighted by Gasteiger charge is -2.26. The fourth-order valence-electron chi connectivity index (χ4n) is 2.55. The predicted molar refractivity (Wildman–Crippen MR) is 79.0 cm³/mol. The fraction of sp³-hybridized carbons (Fsp3) is 0.615. The number of methoxy groups -OCH3 is 1. The van der Waals surface area contributed by atoms with E-state index in [-0.39, 0.29) is 15.8 Å². The van der Waals surface area contributed by atoms with Crippen LogP contribution in [0.25, 0.3) is 0 Å². The summed E-state index contributed by atoms with van der Waals surface area (Å²) in [5.74, 6) is -0.655. The number of sulfonamides is 1. The molecule has 0 saturated heterocycles. The number of nitrogens with one attached hydrogen (secondary N) is 1. The molecule has 0 aliphatic heterocycles.